The Bertz CT molecular complexity index is 356. The standard InChI is InChI=1S/C16H21Cl/c1-2-13-3-7-15(8-4-13)16-9-5-14(6-10-16)11-12-17/h3-4,7-8,11-12,14,16H,2,5-6,9-10H2,1H3/b12-11+/t14-,16-. The lowest BCUT2D eigenvalue weighted by atomic mass is 9.78. The molecule has 1 fully saturated rings. The highest BCUT2D eigenvalue weighted by atomic mass is 35.5. The molecule has 0 spiro atoms. The summed E-state index contributed by atoms with van der Waals surface area (Å²) in [7, 11) is 0. The first-order valence-electron chi connectivity index (χ1n) is 6.69. The molecule has 0 atom stereocenters. The summed E-state index contributed by atoms with van der Waals surface area (Å²) in [5.41, 5.74) is 4.64. The van der Waals surface area contributed by atoms with Crippen LogP contribution in [0.4, 0.5) is 0 Å². The third kappa shape index (κ3) is 3.35. The van der Waals surface area contributed by atoms with E-state index in [-0.39, 0.29) is 0 Å². The summed E-state index contributed by atoms with van der Waals surface area (Å²) in [6.45, 7) is 2.21. The van der Waals surface area contributed by atoms with Crippen LogP contribution in [0.25, 0.3) is 0 Å². The molecule has 0 heterocycles. The zero-order valence-corrected chi connectivity index (χ0v) is 11.3. The van der Waals surface area contributed by atoms with E-state index in [1.54, 1.807) is 5.54 Å². The van der Waals surface area contributed by atoms with Crippen LogP contribution in [0.2, 0.25) is 0 Å². The van der Waals surface area contributed by atoms with Crippen LogP contribution in [0, 0.1) is 5.92 Å². The Labute approximate surface area is 110 Å². The summed E-state index contributed by atoms with van der Waals surface area (Å²) >= 11 is 5.64. The van der Waals surface area contributed by atoms with Crippen molar-refractivity contribution in [3.05, 3.63) is 47.0 Å². The molecule has 1 aliphatic rings. The highest BCUT2D eigenvalue weighted by molar-refractivity contribution is 6.25. The maximum Gasteiger partial charge on any atom is 0.000525 e. The van der Waals surface area contributed by atoms with Gasteiger partial charge in [0.15, 0.2) is 0 Å². The highest BCUT2D eigenvalue weighted by Gasteiger charge is 2.20. The number of hydrogen-bond donors (Lipinski definition) is 0. The Morgan fingerprint density at radius 3 is 2.29 bits per heavy atom. The maximum absolute atomic E-state index is 5.64. The van der Waals surface area contributed by atoms with Crippen molar-refractivity contribution >= 4 is 11.6 Å². The molecule has 0 aliphatic heterocycles. The van der Waals surface area contributed by atoms with Gasteiger partial charge in [-0.2, -0.15) is 0 Å². The van der Waals surface area contributed by atoms with Crippen LogP contribution >= 0.6 is 11.6 Å². The monoisotopic (exact) mass is 248 g/mol. The average molecular weight is 249 g/mol. The molecule has 0 nitrogen and oxygen atoms in total. The zero-order chi connectivity index (χ0) is 12.1. The molecule has 0 radical (unpaired) electrons. The normalized spacial score (nSPS) is 25.3. The molecule has 1 aliphatic carbocycles. The second-order valence-electron chi connectivity index (χ2n) is 5.03. The van der Waals surface area contributed by atoms with E-state index in [0.717, 1.165) is 12.3 Å². The molecule has 0 unspecified atom stereocenters. The van der Waals surface area contributed by atoms with Crippen molar-refractivity contribution in [1.29, 1.82) is 0 Å². The summed E-state index contributed by atoms with van der Waals surface area (Å²) < 4.78 is 0. The van der Waals surface area contributed by atoms with E-state index in [1.807, 2.05) is 0 Å². The summed E-state index contributed by atoms with van der Waals surface area (Å²) in [6, 6.07) is 9.20. The summed E-state index contributed by atoms with van der Waals surface area (Å²) in [6.07, 6.45) is 8.45. The minimum absolute atomic E-state index is 0.707. The second-order valence-corrected chi connectivity index (χ2v) is 5.28. The smallest absolute Gasteiger partial charge is 0.000525 e. The largest absolute Gasteiger partial charge is 0.0933 e. The Kier molecular flexibility index (Phi) is 4.67. The SMILES string of the molecule is CCc1ccc([C@H]2CC[C@H](/C=C/Cl)CC2)cc1. The maximum atomic E-state index is 5.64. The number of aryl methyl sites for hydroxylation is 1. The van der Waals surface area contributed by atoms with E-state index < -0.39 is 0 Å². The topological polar surface area (TPSA) is 0 Å². The van der Waals surface area contributed by atoms with Crippen LogP contribution in [0.1, 0.15) is 49.7 Å². The van der Waals surface area contributed by atoms with Gasteiger partial charge in [-0.25, -0.2) is 0 Å². The molecule has 1 saturated carbocycles. The molecule has 2 rings (SSSR count). The third-order valence-corrected chi connectivity index (χ3v) is 4.12. The summed E-state index contributed by atoms with van der Waals surface area (Å²) in [5, 5.41) is 0. The zero-order valence-electron chi connectivity index (χ0n) is 10.5. The van der Waals surface area contributed by atoms with Crippen molar-refractivity contribution in [1.82, 2.24) is 0 Å². The molecule has 1 aromatic rings. The lowest BCUT2D eigenvalue weighted by Gasteiger charge is -2.27. The molecule has 17 heavy (non-hydrogen) atoms. The van der Waals surface area contributed by atoms with Crippen LogP contribution in [0.15, 0.2) is 35.9 Å². The fourth-order valence-electron chi connectivity index (χ4n) is 2.77. The second kappa shape index (κ2) is 6.26. The molecule has 0 amide bonds. The predicted octanol–water partition coefficient (Wildman–Crippen LogP) is 5.28. The van der Waals surface area contributed by atoms with Crippen molar-refractivity contribution < 1.29 is 0 Å². The summed E-state index contributed by atoms with van der Waals surface area (Å²) in [4.78, 5) is 0. The number of hydrogen-bond acceptors (Lipinski definition) is 0. The fraction of sp³-hybridized carbons (Fsp3) is 0.500. The highest BCUT2D eigenvalue weighted by Crippen LogP contribution is 2.36. The van der Waals surface area contributed by atoms with Gasteiger partial charge in [0.1, 0.15) is 0 Å². The van der Waals surface area contributed by atoms with Crippen molar-refractivity contribution in [3.63, 3.8) is 0 Å². The minimum Gasteiger partial charge on any atom is -0.0933 e. The van der Waals surface area contributed by atoms with E-state index >= 15 is 0 Å². The van der Waals surface area contributed by atoms with Crippen molar-refractivity contribution in [2.75, 3.05) is 0 Å². The van der Waals surface area contributed by atoms with Crippen LogP contribution < -0.4 is 0 Å². The van der Waals surface area contributed by atoms with Gasteiger partial charge >= 0.3 is 0 Å². The summed E-state index contributed by atoms with van der Waals surface area (Å²) in [5.74, 6) is 1.47. The lowest BCUT2D eigenvalue weighted by Crippen LogP contribution is -2.11. The number of rotatable bonds is 3. The molecular weight excluding hydrogens is 228 g/mol. The molecule has 0 N–H and O–H groups in total. The van der Waals surface area contributed by atoms with E-state index in [0.29, 0.717) is 5.92 Å². The predicted molar refractivity (Wildman–Crippen MR) is 75.5 cm³/mol. The fourth-order valence-corrected chi connectivity index (χ4v) is 2.98. The quantitative estimate of drug-likeness (QED) is 0.683. The Morgan fingerprint density at radius 2 is 1.76 bits per heavy atom. The Hall–Kier alpha value is -0.750. The first-order chi connectivity index (χ1) is 8.33. The Morgan fingerprint density at radius 1 is 1.12 bits per heavy atom. The first kappa shape index (κ1) is 12.7. The van der Waals surface area contributed by atoms with E-state index in [9.17, 15) is 0 Å². The molecule has 0 saturated heterocycles. The van der Waals surface area contributed by atoms with Crippen LogP contribution in [-0.4, -0.2) is 0 Å². The molecule has 1 heteroatoms. The van der Waals surface area contributed by atoms with Crippen LogP contribution in [-0.2, 0) is 6.42 Å². The van der Waals surface area contributed by atoms with Crippen molar-refractivity contribution in [2.24, 2.45) is 5.92 Å². The van der Waals surface area contributed by atoms with Gasteiger partial charge in [0.25, 0.3) is 0 Å². The Balaban J connectivity index is 1.95. The van der Waals surface area contributed by atoms with Gasteiger partial charge in [-0.3, -0.25) is 0 Å². The van der Waals surface area contributed by atoms with Crippen LogP contribution in [0.3, 0.4) is 0 Å². The minimum atomic E-state index is 0.707. The van der Waals surface area contributed by atoms with Gasteiger partial charge in [0, 0.05) is 5.54 Å². The number of allylic oxidation sites excluding steroid dienone is 1. The average Bonchev–Trinajstić information content (AvgIpc) is 2.40. The van der Waals surface area contributed by atoms with Gasteiger partial charge in [-0.05, 0) is 55.1 Å². The molecule has 1 aromatic carbocycles. The lowest BCUT2D eigenvalue weighted by molar-refractivity contribution is 0.376. The molecular formula is C16H21Cl. The van der Waals surface area contributed by atoms with Crippen molar-refractivity contribution in [3.8, 4) is 0 Å². The van der Waals surface area contributed by atoms with E-state index in [1.165, 1.54) is 36.8 Å². The molecule has 0 bridgehead atoms. The van der Waals surface area contributed by atoms with E-state index in [4.69, 9.17) is 11.6 Å². The van der Waals surface area contributed by atoms with Crippen LogP contribution in [0.5, 0.6) is 0 Å². The first-order valence-corrected chi connectivity index (χ1v) is 7.13. The van der Waals surface area contributed by atoms with Gasteiger partial charge < -0.3 is 0 Å². The van der Waals surface area contributed by atoms with Crippen molar-refractivity contribution in [2.45, 2.75) is 44.9 Å². The van der Waals surface area contributed by atoms with Gasteiger partial charge in [0.2, 0.25) is 0 Å². The molecule has 0 aromatic heterocycles. The van der Waals surface area contributed by atoms with Gasteiger partial charge in [-0.1, -0.05) is 48.9 Å². The van der Waals surface area contributed by atoms with E-state index in [2.05, 4.69) is 37.3 Å². The number of benzene rings is 1. The van der Waals surface area contributed by atoms with Gasteiger partial charge in [-0.15, -0.1) is 0 Å². The van der Waals surface area contributed by atoms with Gasteiger partial charge in [0.05, 0.1) is 0 Å². The third-order valence-electron chi connectivity index (χ3n) is 3.98. The molecule has 92 valence electrons. The number of halogens is 1.